The van der Waals surface area contributed by atoms with Gasteiger partial charge < -0.3 is 0 Å². The molecule has 1 heterocycles. The molecular formula is C13H23N. The third-order valence-electron chi connectivity index (χ3n) is 3.82. The van der Waals surface area contributed by atoms with Gasteiger partial charge in [-0.1, -0.05) is 32.1 Å². The molecule has 2 aliphatic rings. The van der Waals surface area contributed by atoms with E-state index < -0.39 is 0 Å². The highest BCUT2D eigenvalue weighted by atomic mass is 14.8. The lowest BCUT2D eigenvalue weighted by Gasteiger charge is -2.28. The maximum Gasteiger partial charge on any atom is 0.0523 e. The van der Waals surface area contributed by atoms with E-state index in [9.17, 15) is 0 Å². The molecule has 1 saturated carbocycles. The molecule has 0 aromatic carbocycles. The van der Waals surface area contributed by atoms with Crippen LogP contribution in [-0.2, 0) is 0 Å². The van der Waals surface area contributed by atoms with Crippen molar-refractivity contribution >= 4 is 6.21 Å². The van der Waals surface area contributed by atoms with Crippen LogP contribution in [-0.4, -0.2) is 12.3 Å². The van der Waals surface area contributed by atoms with Crippen LogP contribution in [0.2, 0.25) is 0 Å². The van der Waals surface area contributed by atoms with E-state index in [0.717, 1.165) is 5.92 Å². The number of nitrogens with zero attached hydrogens (tertiary/aromatic N) is 1. The summed E-state index contributed by atoms with van der Waals surface area (Å²) < 4.78 is 0. The standard InChI is InChI=1S/C13H23N/c1-2-7-11-14-13(10-6-1)12-8-4-3-5-9-12/h11-13H,1-10H2. The van der Waals surface area contributed by atoms with Crippen molar-refractivity contribution in [3.05, 3.63) is 0 Å². The predicted molar refractivity (Wildman–Crippen MR) is 61.9 cm³/mol. The zero-order chi connectivity index (χ0) is 9.64. The van der Waals surface area contributed by atoms with Gasteiger partial charge in [-0.05, 0) is 44.2 Å². The Morgan fingerprint density at radius 3 is 2.36 bits per heavy atom. The lowest BCUT2D eigenvalue weighted by atomic mass is 9.82. The van der Waals surface area contributed by atoms with Crippen LogP contribution in [0.25, 0.3) is 0 Å². The maximum atomic E-state index is 4.78. The van der Waals surface area contributed by atoms with Gasteiger partial charge in [0.2, 0.25) is 0 Å². The van der Waals surface area contributed by atoms with Gasteiger partial charge in [0, 0.05) is 0 Å². The first-order valence-electron chi connectivity index (χ1n) is 6.48. The highest BCUT2D eigenvalue weighted by Gasteiger charge is 2.22. The van der Waals surface area contributed by atoms with Gasteiger partial charge >= 0.3 is 0 Å². The quantitative estimate of drug-likeness (QED) is 0.597. The SMILES string of the molecule is C1=NC(C2CCCCC2)CCCCC1. The van der Waals surface area contributed by atoms with Crippen LogP contribution in [0.5, 0.6) is 0 Å². The number of hydrogen-bond donors (Lipinski definition) is 0. The van der Waals surface area contributed by atoms with E-state index in [1.165, 1.54) is 64.2 Å². The first-order valence-corrected chi connectivity index (χ1v) is 6.48. The van der Waals surface area contributed by atoms with Gasteiger partial charge in [0.05, 0.1) is 6.04 Å². The summed E-state index contributed by atoms with van der Waals surface area (Å²) in [5, 5.41) is 0. The summed E-state index contributed by atoms with van der Waals surface area (Å²) in [6, 6.07) is 0.690. The minimum atomic E-state index is 0.690. The van der Waals surface area contributed by atoms with E-state index in [0.29, 0.717) is 6.04 Å². The second-order valence-corrected chi connectivity index (χ2v) is 4.94. The monoisotopic (exact) mass is 193 g/mol. The summed E-state index contributed by atoms with van der Waals surface area (Å²) in [5.74, 6) is 0.929. The van der Waals surface area contributed by atoms with E-state index in [-0.39, 0.29) is 0 Å². The summed E-state index contributed by atoms with van der Waals surface area (Å²) in [7, 11) is 0. The number of aliphatic imine (C=N–C) groups is 1. The fraction of sp³-hybridized carbons (Fsp3) is 0.923. The summed E-state index contributed by atoms with van der Waals surface area (Å²) in [6.07, 6.45) is 16.3. The summed E-state index contributed by atoms with van der Waals surface area (Å²) in [6.45, 7) is 0. The fourth-order valence-electron chi connectivity index (χ4n) is 2.93. The topological polar surface area (TPSA) is 12.4 Å². The molecule has 1 unspecified atom stereocenters. The number of rotatable bonds is 1. The molecule has 1 atom stereocenters. The zero-order valence-electron chi connectivity index (χ0n) is 9.25. The van der Waals surface area contributed by atoms with Crippen molar-refractivity contribution in [1.82, 2.24) is 0 Å². The molecule has 1 aliphatic heterocycles. The molecule has 1 fully saturated rings. The molecule has 0 radical (unpaired) electrons. The Morgan fingerprint density at radius 1 is 0.786 bits per heavy atom. The van der Waals surface area contributed by atoms with Gasteiger partial charge in [-0.3, -0.25) is 4.99 Å². The molecule has 0 aromatic heterocycles. The maximum absolute atomic E-state index is 4.78. The van der Waals surface area contributed by atoms with Crippen molar-refractivity contribution in [3.8, 4) is 0 Å². The average molecular weight is 193 g/mol. The molecule has 0 bridgehead atoms. The molecule has 0 N–H and O–H groups in total. The first kappa shape index (κ1) is 10.2. The van der Waals surface area contributed by atoms with Gasteiger partial charge in [0.25, 0.3) is 0 Å². The van der Waals surface area contributed by atoms with E-state index in [1.807, 2.05) is 0 Å². The van der Waals surface area contributed by atoms with E-state index in [1.54, 1.807) is 0 Å². The smallest absolute Gasteiger partial charge is 0.0523 e. The fourth-order valence-corrected chi connectivity index (χ4v) is 2.93. The van der Waals surface area contributed by atoms with Crippen molar-refractivity contribution in [1.29, 1.82) is 0 Å². The highest BCUT2D eigenvalue weighted by molar-refractivity contribution is 5.57. The third kappa shape index (κ3) is 2.83. The van der Waals surface area contributed by atoms with Crippen LogP contribution in [0, 0.1) is 5.92 Å². The van der Waals surface area contributed by atoms with Crippen LogP contribution in [0.3, 0.4) is 0 Å². The lowest BCUT2D eigenvalue weighted by Crippen LogP contribution is -2.22. The van der Waals surface area contributed by atoms with Crippen LogP contribution < -0.4 is 0 Å². The Kier molecular flexibility index (Phi) is 4.03. The van der Waals surface area contributed by atoms with Gasteiger partial charge in [-0.25, -0.2) is 0 Å². The van der Waals surface area contributed by atoms with Crippen LogP contribution >= 0.6 is 0 Å². The lowest BCUT2D eigenvalue weighted by molar-refractivity contribution is 0.290. The molecule has 0 amide bonds. The van der Waals surface area contributed by atoms with Crippen LogP contribution in [0.15, 0.2) is 4.99 Å². The normalized spacial score (nSPS) is 31.0. The molecule has 1 nitrogen and oxygen atoms in total. The van der Waals surface area contributed by atoms with Gasteiger partial charge in [0.15, 0.2) is 0 Å². The van der Waals surface area contributed by atoms with Gasteiger partial charge in [-0.2, -0.15) is 0 Å². The summed E-state index contributed by atoms with van der Waals surface area (Å²) in [4.78, 5) is 4.78. The highest BCUT2D eigenvalue weighted by Crippen LogP contribution is 2.30. The third-order valence-corrected chi connectivity index (χ3v) is 3.82. The first-order chi connectivity index (χ1) is 6.97. The molecule has 1 heteroatoms. The predicted octanol–water partition coefficient (Wildman–Crippen LogP) is 3.97. The summed E-state index contributed by atoms with van der Waals surface area (Å²) >= 11 is 0. The molecule has 2 rings (SSSR count). The Labute approximate surface area is 88.0 Å². The van der Waals surface area contributed by atoms with E-state index >= 15 is 0 Å². The number of hydrogen-bond acceptors (Lipinski definition) is 1. The minimum Gasteiger partial charge on any atom is -0.294 e. The van der Waals surface area contributed by atoms with Crippen LogP contribution in [0.4, 0.5) is 0 Å². The molecule has 14 heavy (non-hydrogen) atoms. The second-order valence-electron chi connectivity index (χ2n) is 4.94. The van der Waals surface area contributed by atoms with Crippen molar-refractivity contribution in [2.75, 3.05) is 0 Å². The molecule has 80 valence electrons. The average Bonchev–Trinajstić information content (AvgIpc) is 2.18. The molecule has 0 aromatic rings. The van der Waals surface area contributed by atoms with Crippen LogP contribution in [0.1, 0.15) is 64.2 Å². The zero-order valence-corrected chi connectivity index (χ0v) is 9.25. The van der Waals surface area contributed by atoms with Gasteiger partial charge in [-0.15, -0.1) is 0 Å². The van der Waals surface area contributed by atoms with Crippen molar-refractivity contribution in [3.63, 3.8) is 0 Å². The Hall–Kier alpha value is -0.330. The summed E-state index contributed by atoms with van der Waals surface area (Å²) in [5.41, 5.74) is 0. The Bertz CT molecular complexity index is 180. The van der Waals surface area contributed by atoms with Crippen molar-refractivity contribution < 1.29 is 0 Å². The Balaban J connectivity index is 1.88. The van der Waals surface area contributed by atoms with Crippen molar-refractivity contribution in [2.45, 2.75) is 70.3 Å². The van der Waals surface area contributed by atoms with E-state index in [2.05, 4.69) is 6.21 Å². The molecular weight excluding hydrogens is 170 g/mol. The van der Waals surface area contributed by atoms with Gasteiger partial charge in [0.1, 0.15) is 0 Å². The molecule has 1 aliphatic carbocycles. The van der Waals surface area contributed by atoms with Crippen molar-refractivity contribution in [2.24, 2.45) is 10.9 Å². The Morgan fingerprint density at radius 2 is 1.50 bits per heavy atom. The second kappa shape index (κ2) is 5.53. The minimum absolute atomic E-state index is 0.690. The molecule has 0 saturated heterocycles. The molecule has 0 spiro atoms. The van der Waals surface area contributed by atoms with E-state index in [4.69, 9.17) is 4.99 Å². The largest absolute Gasteiger partial charge is 0.294 e.